The normalized spacial score (nSPS) is 16.4. The second kappa shape index (κ2) is 23.6. The monoisotopic (exact) mass is 824 g/mol. The summed E-state index contributed by atoms with van der Waals surface area (Å²) in [6.07, 6.45) is 5.65. The first-order chi connectivity index (χ1) is 28.3. The molecule has 2 fully saturated rings. The van der Waals surface area contributed by atoms with Crippen LogP contribution < -0.4 is 20.1 Å². The fourth-order valence-corrected chi connectivity index (χ4v) is 7.40. The summed E-state index contributed by atoms with van der Waals surface area (Å²) >= 11 is 0. The first-order valence-corrected chi connectivity index (χ1v) is 20.9. The number of hydrogen-bond acceptors (Lipinski definition) is 10. The van der Waals surface area contributed by atoms with Gasteiger partial charge in [0, 0.05) is 42.7 Å². The van der Waals surface area contributed by atoms with Gasteiger partial charge in [-0.05, 0) is 89.1 Å². The highest BCUT2D eigenvalue weighted by Crippen LogP contribution is 2.30. The standard InChI is InChI=1S/C44H64N4O11/c1-6-58-37-27-36(55-5)18-17-35(37)29-48(43(54)59-44(2,3)4)30-38(49)47-21-11-16-34(28-47)32-14-10-15-33(26-32)41(52)46-40(31-12-8-7-9-13-31)42(53)45-20-23-57-25-24-56-22-19-39(50)51/h10,14-15,17-18,26-27,31,34,40H,6-9,11-13,16,19-25,28-30H2,1-5H3,(H,45,53)(H,46,52)(H,50,51)/t34?,40-/m1/s1. The molecule has 0 radical (unpaired) electrons. The Balaban J connectivity index is 1.39. The van der Waals surface area contributed by atoms with Crippen molar-refractivity contribution < 1.29 is 52.8 Å². The number of hydrogen-bond donors (Lipinski definition) is 3. The number of carbonyl (C=O) groups is 5. The van der Waals surface area contributed by atoms with Crippen molar-refractivity contribution in [3.63, 3.8) is 0 Å². The number of carbonyl (C=O) groups excluding carboxylic acids is 4. The number of likely N-dealkylation sites (tertiary alicyclic amines) is 1. The lowest BCUT2D eigenvalue weighted by atomic mass is 9.83. The lowest BCUT2D eigenvalue weighted by Crippen LogP contribution is -2.52. The average molecular weight is 825 g/mol. The van der Waals surface area contributed by atoms with Gasteiger partial charge in [0.15, 0.2) is 0 Å². The van der Waals surface area contributed by atoms with E-state index < -0.39 is 23.7 Å². The van der Waals surface area contributed by atoms with Crippen LogP contribution in [0.5, 0.6) is 11.5 Å². The highest BCUT2D eigenvalue weighted by molar-refractivity contribution is 5.97. The third-order valence-electron chi connectivity index (χ3n) is 10.4. The molecule has 2 atom stereocenters. The van der Waals surface area contributed by atoms with Gasteiger partial charge in [0.1, 0.15) is 29.7 Å². The van der Waals surface area contributed by atoms with Crippen molar-refractivity contribution in [1.82, 2.24) is 20.4 Å². The van der Waals surface area contributed by atoms with Crippen molar-refractivity contribution in [2.75, 3.05) is 66.3 Å². The Morgan fingerprint density at radius 1 is 0.932 bits per heavy atom. The number of amides is 4. The van der Waals surface area contributed by atoms with E-state index in [0.717, 1.165) is 50.5 Å². The van der Waals surface area contributed by atoms with Gasteiger partial charge in [-0.2, -0.15) is 0 Å². The maximum Gasteiger partial charge on any atom is 0.411 e. The first kappa shape index (κ1) is 46.8. The first-order valence-electron chi connectivity index (χ1n) is 20.9. The number of carboxylic acid groups (broad SMARTS) is 1. The summed E-state index contributed by atoms with van der Waals surface area (Å²) in [7, 11) is 1.57. The van der Waals surface area contributed by atoms with E-state index in [-0.39, 0.29) is 82.0 Å². The van der Waals surface area contributed by atoms with Gasteiger partial charge in [-0.25, -0.2) is 4.79 Å². The van der Waals surface area contributed by atoms with E-state index in [4.69, 9.17) is 28.8 Å². The van der Waals surface area contributed by atoms with Crippen LogP contribution >= 0.6 is 0 Å². The second-order valence-corrected chi connectivity index (χ2v) is 16.1. The van der Waals surface area contributed by atoms with Crippen molar-refractivity contribution in [3.05, 3.63) is 59.2 Å². The van der Waals surface area contributed by atoms with Gasteiger partial charge in [-0.3, -0.25) is 24.1 Å². The van der Waals surface area contributed by atoms with E-state index in [9.17, 15) is 24.0 Å². The Hall–Kier alpha value is -4.89. The highest BCUT2D eigenvalue weighted by atomic mass is 16.6. The number of nitrogens with one attached hydrogen (secondary N) is 2. The van der Waals surface area contributed by atoms with Crippen molar-refractivity contribution in [3.8, 4) is 11.5 Å². The largest absolute Gasteiger partial charge is 0.497 e. The van der Waals surface area contributed by atoms with E-state index in [1.54, 1.807) is 51.0 Å². The summed E-state index contributed by atoms with van der Waals surface area (Å²) in [5.74, 6) is -0.597. The molecule has 1 aliphatic heterocycles. The summed E-state index contributed by atoms with van der Waals surface area (Å²) in [6.45, 7) is 9.62. The molecular formula is C44H64N4O11. The molecule has 2 aliphatic rings. The van der Waals surface area contributed by atoms with Crippen LogP contribution in [0, 0.1) is 5.92 Å². The molecule has 2 aromatic carbocycles. The predicted molar refractivity (Wildman–Crippen MR) is 221 cm³/mol. The van der Waals surface area contributed by atoms with Crippen LogP contribution in [0.15, 0.2) is 42.5 Å². The lowest BCUT2D eigenvalue weighted by Gasteiger charge is -2.35. The average Bonchev–Trinajstić information content (AvgIpc) is 3.22. The van der Waals surface area contributed by atoms with Gasteiger partial charge in [0.05, 0.1) is 53.1 Å². The summed E-state index contributed by atoms with van der Waals surface area (Å²) in [6, 6.07) is 12.0. The van der Waals surface area contributed by atoms with Crippen LogP contribution in [0.2, 0.25) is 0 Å². The smallest absolute Gasteiger partial charge is 0.411 e. The Kier molecular flexibility index (Phi) is 18.7. The Morgan fingerprint density at radius 3 is 2.37 bits per heavy atom. The van der Waals surface area contributed by atoms with Crippen molar-refractivity contribution in [1.29, 1.82) is 0 Å². The number of rotatable bonds is 21. The maximum absolute atomic E-state index is 13.9. The number of ether oxygens (including phenoxy) is 5. The molecule has 1 unspecified atom stereocenters. The lowest BCUT2D eigenvalue weighted by molar-refractivity contribution is -0.138. The molecule has 4 rings (SSSR count). The molecule has 0 aromatic heterocycles. The fourth-order valence-electron chi connectivity index (χ4n) is 7.40. The number of piperidine rings is 1. The van der Waals surface area contributed by atoms with E-state index in [1.807, 2.05) is 31.2 Å². The number of benzene rings is 2. The zero-order chi connectivity index (χ0) is 42.8. The molecule has 0 bridgehead atoms. The highest BCUT2D eigenvalue weighted by Gasteiger charge is 2.33. The zero-order valence-corrected chi connectivity index (χ0v) is 35.4. The van der Waals surface area contributed by atoms with Crippen LogP contribution in [-0.2, 0) is 35.1 Å². The minimum Gasteiger partial charge on any atom is -0.497 e. The third kappa shape index (κ3) is 15.7. The van der Waals surface area contributed by atoms with Gasteiger partial charge < -0.3 is 44.3 Å². The molecule has 326 valence electrons. The Bertz CT molecular complexity index is 1690. The van der Waals surface area contributed by atoms with E-state index >= 15 is 0 Å². The molecule has 59 heavy (non-hydrogen) atoms. The van der Waals surface area contributed by atoms with Crippen LogP contribution in [0.1, 0.15) is 106 Å². The van der Waals surface area contributed by atoms with Gasteiger partial charge in [-0.1, -0.05) is 31.4 Å². The van der Waals surface area contributed by atoms with E-state index in [0.29, 0.717) is 42.3 Å². The molecule has 1 saturated heterocycles. The zero-order valence-electron chi connectivity index (χ0n) is 35.4. The van der Waals surface area contributed by atoms with E-state index in [2.05, 4.69) is 10.6 Å². The van der Waals surface area contributed by atoms with Crippen molar-refractivity contribution >= 4 is 29.8 Å². The molecule has 15 nitrogen and oxygen atoms in total. The number of aliphatic carboxylic acids is 1. The fraction of sp³-hybridized carbons (Fsp3) is 0.614. The Morgan fingerprint density at radius 2 is 1.68 bits per heavy atom. The van der Waals surface area contributed by atoms with Crippen molar-refractivity contribution in [2.24, 2.45) is 5.92 Å². The molecule has 1 aliphatic carbocycles. The SMILES string of the molecule is CCOc1cc(OC)ccc1CN(CC(=O)N1CCCC(c2cccc(C(=O)N[C@@H](C(=O)NCCOCCOCCC(=O)O)C3CCCCC3)c2)C1)C(=O)OC(C)(C)C. The molecule has 15 heteroatoms. The Labute approximate surface area is 348 Å². The minimum atomic E-state index is -0.925. The van der Waals surface area contributed by atoms with Gasteiger partial charge in [0.2, 0.25) is 11.8 Å². The van der Waals surface area contributed by atoms with Crippen molar-refractivity contribution in [2.45, 2.75) is 103 Å². The second-order valence-electron chi connectivity index (χ2n) is 16.1. The number of methoxy groups -OCH3 is 1. The van der Waals surface area contributed by atoms with Crippen LogP contribution in [0.3, 0.4) is 0 Å². The summed E-state index contributed by atoms with van der Waals surface area (Å²) in [5, 5.41) is 14.7. The molecule has 1 saturated carbocycles. The van der Waals surface area contributed by atoms with Crippen LogP contribution in [0.4, 0.5) is 4.79 Å². The quantitative estimate of drug-likeness (QED) is 0.135. The molecule has 4 amide bonds. The van der Waals surface area contributed by atoms with E-state index in [1.165, 1.54) is 4.90 Å². The minimum absolute atomic E-state index is 0.00748. The number of carboxylic acids is 1. The molecular weight excluding hydrogens is 761 g/mol. The summed E-state index contributed by atoms with van der Waals surface area (Å²) in [4.78, 5) is 68.5. The summed E-state index contributed by atoms with van der Waals surface area (Å²) in [5.41, 5.74) is 1.30. The number of nitrogens with zero attached hydrogens (tertiary/aromatic N) is 2. The molecule has 0 spiro atoms. The molecule has 2 aromatic rings. The van der Waals surface area contributed by atoms with Gasteiger partial charge >= 0.3 is 12.1 Å². The molecule has 1 heterocycles. The summed E-state index contributed by atoms with van der Waals surface area (Å²) < 4.78 is 27.7. The molecule has 3 N–H and O–H groups in total. The van der Waals surface area contributed by atoms with Gasteiger partial charge in [0.25, 0.3) is 5.91 Å². The van der Waals surface area contributed by atoms with Crippen LogP contribution in [0.25, 0.3) is 0 Å². The maximum atomic E-state index is 13.9. The topological polar surface area (TPSA) is 182 Å². The van der Waals surface area contributed by atoms with Gasteiger partial charge in [-0.15, -0.1) is 0 Å². The predicted octanol–water partition coefficient (Wildman–Crippen LogP) is 5.54. The van der Waals surface area contributed by atoms with Crippen LogP contribution in [-0.4, -0.2) is 123 Å². The third-order valence-corrected chi connectivity index (χ3v) is 10.4.